The third kappa shape index (κ3) is 27.8. The number of benzene rings is 7. The molecular formula is C66H60BrCl10N3O16. The van der Waals surface area contributed by atoms with Crippen molar-refractivity contribution < 1.29 is 72.1 Å². The van der Waals surface area contributed by atoms with Gasteiger partial charge < -0.3 is 63.7 Å². The molecule has 0 unspecified atom stereocenters. The van der Waals surface area contributed by atoms with Gasteiger partial charge in [0.05, 0.1) is 104 Å². The van der Waals surface area contributed by atoms with E-state index in [0.29, 0.717) is 102 Å². The van der Waals surface area contributed by atoms with Crippen LogP contribution in [0.3, 0.4) is 0 Å². The minimum Gasteiger partial charge on any atom is -0.508 e. The summed E-state index contributed by atoms with van der Waals surface area (Å²) in [5.74, 6) is -0.0438. The van der Waals surface area contributed by atoms with Crippen molar-refractivity contribution in [2.75, 3.05) is 81.3 Å². The van der Waals surface area contributed by atoms with Crippen LogP contribution < -0.4 is 35.1 Å². The van der Waals surface area contributed by atoms with Crippen LogP contribution in [0.1, 0.15) is 62.9 Å². The third-order valence-corrected chi connectivity index (χ3v) is 15.7. The summed E-state index contributed by atoms with van der Waals surface area (Å²) in [6.07, 6.45) is 2.76. The molecule has 0 saturated heterocycles. The van der Waals surface area contributed by atoms with Gasteiger partial charge in [-0.25, -0.2) is 4.79 Å². The second kappa shape index (κ2) is 43.7. The number of phenolic OH excluding ortho intramolecular Hbond substituents is 1. The number of carboxylic acids is 1. The molecule has 8 aromatic rings. The van der Waals surface area contributed by atoms with Crippen molar-refractivity contribution in [2.24, 2.45) is 0 Å². The number of carbonyl (C=O) groups is 5. The van der Waals surface area contributed by atoms with E-state index in [1.165, 1.54) is 30.3 Å². The molecule has 0 bridgehead atoms. The summed E-state index contributed by atoms with van der Waals surface area (Å²) in [5.41, 5.74) is 4.21. The molecule has 7 aromatic carbocycles. The fourth-order valence-corrected chi connectivity index (χ4v) is 10.8. The molecule has 0 aliphatic carbocycles. The van der Waals surface area contributed by atoms with Crippen LogP contribution >= 0.6 is 132 Å². The van der Waals surface area contributed by atoms with Crippen LogP contribution in [0.25, 0.3) is 11.1 Å². The number of H-pyrrole nitrogens is 1. The first-order chi connectivity index (χ1) is 45.9. The van der Waals surface area contributed by atoms with E-state index in [2.05, 4.69) is 31.5 Å². The molecule has 512 valence electrons. The van der Waals surface area contributed by atoms with Crippen molar-refractivity contribution in [1.29, 1.82) is 0 Å². The monoisotopic (exact) mass is 1580 g/mol. The molecule has 8 rings (SSSR count). The summed E-state index contributed by atoms with van der Waals surface area (Å²) in [7, 11) is 6.30. The van der Waals surface area contributed by atoms with Crippen molar-refractivity contribution in [3.05, 3.63) is 232 Å². The number of ether oxygens (including phenoxy) is 8. The Morgan fingerprint density at radius 2 is 0.750 bits per heavy atom. The maximum atomic E-state index is 12.6. The van der Waals surface area contributed by atoms with Crippen LogP contribution in [0.2, 0.25) is 50.2 Å². The van der Waals surface area contributed by atoms with Gasteiger partial charge in [0.15, 0.2) is 12.6 Å². The molecule has 5 N–H and O–H groups in total. The van der Waals surface area contributed by atoms with E-state index in [9.17, 15) is 28.8 Å². The molecule has 30 heteroatoms. The number of carboxylic acid groups (broad SMARTS) is 1. The Labute approximate surface area is 610 Å². The number of hydrogen-bond acceptors (Lipinski definition) is 15. The highest BCUT2D eigenvalue weighted by atomic mass is 79.9. The van der Waals surface area contributed by atoms with Gasteiger partial charge in [-0.3, -0.25) is 24.0 Å². The van der Waals surface area contributed by atoms with Gasteiger partial charge in [-0.15, -0.1) is 0 Å². The zero-order valence-electron chi connectivity index (χ0n) is 51.1. The maximum Gasteiger partial charge on any atom is 0.338 e. The zero-order valence-corrected chi connectivity index (χ0v) is 60.3. The zero-order chi connectivity index (χ0) is 70.9. The summed E-state index contributed by atoms with van der Waals surface area (Å²) < 4.78 is 41.9. The average molecular weight is 1590 g/mol. The fraction of sp³-hybridized carbons (Fsp3) is 0.212. The highest BCUT2D eigenvalue weighted by molar-refractivity contribution is 9.10. The second-order valence-corrected chi connectivity index (χ2v) is 23.9. The number of amides is 2. The number of aromatic amines is 1. The first-order valence-electron chi connectivity index (χ1n) is 27.7. The molecule has 0 radical (unpaired) electrons. The molecule has 96 heavy (non-hydrogen) atoms. The SMILES string of the molecule is COCCOc1cc(Cl)c(C(=O)NCc2ccc(-c3cc[nH]c(=O)c3)cc2)c(Cl)c1.COCCOc1cc(Cl)c(C(=O)NCc2ccc(Br)cc2)c(Cl)c1.COCCOc1cc(Cl)c(C(=O)O)c(Cl)c1.COCCOc1cc(Cl)c(C=O)c(Cl)c1.O=Cc1c(Cl)cc(O)cc1Cl. The number of aldehydes is 2. The molecule has 2 amide bonds. The van der Waals surface area contributed by atoms with Crippen molar-refractivity contribution in [3.8, 4) is 39.9 Å². The standard InChI is InChI=1S/C22H20Cl2N2O4.C17H16BrCl2NO3.C10H10Cl2O4.C10H10Cl2O3.C7H4Cl2O2/c1-29-8-9-30-17-11-18(23)21(19(24)12-17)22(28)26-13-14-2-4-15(5-3-14)16-6-7-25-20(27)10-16;1-23-6-7-24-13-8-14(19)16(15(20)9-13)17(22)21-10-11-2-4-12(18)5-3-11;1-15-2-3-16-6-4-7(11)9(10(13)14)8(12)5-6;1-14-2-3-15-7-4-9(11)8(6-13)10(12)5-7;8-6-1-4(11)2-7(9)5(6)3-10/h2-7,10-12H,8-9,13H2,1H3,(H,25,27)(H,26,28);2-5,8-9H,6-7,10H2,1H3,(H,21,22);4-5H,2-3H2,1H3,(H,13,14);4-6H,2-3H2,1H3;1-3,11H. The molecule has 0 fully saturated rings. The van der Waals surface area contributed by atoms with Crippen LogP contribution in [-0.2, 0) is 32.0 Å². The lowest BCUT2D eigenvalue weighted by molar-refractivity contribution is 0.0696. The van der Waals surface area contributed by atoms with Gasteiger partial charge in [0.2, 0.25) is 5.56 Å². The number of hydrogen-bond donors (Lipinski definition) is 5. The lowest BCUT2D eigenvalue weighted by Gasteiger charge is -2.12. The Hall–Kier alpha value is -6.54. The van der Waals surface area contributed by atoms with Crippen LogP contribution in [-0.4, -0.2) is 127 Å². The van der Waals surface area contributed by atoms with E-state index < -0.39 is 5.97 Å². The Kier molecular flexibility index (Phi) is 37.3. The maximum absolute atomic E-state index is 12.6. The Bertz CT molecular complexity index is 3830. The largest absolute Gasteiger partial charge is 0.508 e. The highest BCUT2D eigenvalue weighted by Crippen LogP contribution is 2.34. The summed E-state index contributed by atoms with van der Waals surface area (Å²) in [4.78, 5) is 70.6. The lowest BCUT2D eigenvalue weighted by atomic mass is 10.1. The first-order valence-corrected chi connectivity index (χ1v) is 32.3. The summed E-state index contributed by atoms with van der Waals surface area (Å²) in [5, 5.41) is 25.2. The van der Waals surface area contributed by atoms with Gasteiger partial charge >= 0.3 is 5.97 Å². The van der Waals surface area contributed by atoms with Gasteiger partial charge in [0.1, 0.15) is 55.2 Å². The number of methoxy groups -OCH3 is 4. The Balaban J connectivity index is 0.000000267. The number of rotatable bonds is 26. The van der Waals surface area contributed by atoms with Crippen molar-refractivity contribution in [2.45, 2.75) is 13.1 Å². The number of pyridine rings is 1. The third-order valence-electron chi connectivity index (χ3n) is 12.2. The van der Waals surface area contributed by atoms with Gasteiger partial charge in [0, 0.05) is 58.3 Å². The average Bonchev–Trinajstić information content (AvgIpc) is 0.865. The predicted octanol–water partition coefficient (Wildman–Crippen LogP) is 17.1. The Morgan fingerprint density at radius 3 is 1.06 bits per heavy atom. The van der Waals surface area contributed by atoms with Crippen molar-refractivity contribution >= 4 is 162 Å². The minimum atomic E-state index is -1.17. The number of carbonyl (C=O) groups excluding carboxylic acids is 4. The van der Waals surface area contributed by atoms with E-state index in [-0.39, 0.29) is 101 Å². The number of nitrogens with one attached hydrogen (secondary N) is 3. The summed E-state index contributed by atoms with van der Waals surface area (Å²) in [6, 6.07) is 33.2. The number of aromatic carboxylic acids is 1. The topological polar surface area (TPSA) is 257 Å². The minimum absolute atomic E-state index is 0.0485. The van der Waals surface area contributed by atoms with E-state index in [1.807, 2.05) is 54.6 Å². The molecule has 0 atom stereocenters. The van der Waals surface area contributed by atoms with Crippen LogP contribution in [0, 0.1) is 0 Å². The van der Waals surface area contributed by atoms with Gasteiger partial charge in [-0.05, 0) is 101 Å². The molecule has 1 aromatic heterocycles. The van der Waals surface area contributed by atoms with Crippen molar-refractivity contribution in [3.63, 3.8) is 0 Å². The van der Waals surface area contributed by atoms with E-state index >= 15 is 0 Å². The van der Waals surface area contributed by atoms with Crippen LogP contribution in [0.4, 0.5) is 0 Å². The van der Waals surface area contributed by atoms with Gasteiger partial charge in [-0.1, -0.05) is 168 Å². The van der Waals surface area contributed by atoms with E-state index in [4.69, 9.17) is 164 Å². The first kappa shape index (κ1) is 81.9. The Morgan fingerprint density at radius 1 is 0.438 bits per heavy atom. The molecule has 0 aliphatic heterocycles. The van der Waals surface area contributed by atoms with Gasteiger partial charge in [0.25, 0.3) is 11.8 Å². The fourth-order valence-electron chi connectivity index (χ4n) is 7.53. The van der Waals surface area contributed by atoms with Crippen molar-refractivity contribution in [1.82, 2.24) is 15.6 Å². The van der Waals surface area contributed by atoms with E-state index in [1.54, 1.807) is 71.0 Å². The summed E-state index contributed by atoms with van der Waals surface area (Å²) >= 11 is 62.5. The van der Waals surface area contributed by atoms with E-state index in [0.717, 1.165) is 26.7 Å². The predicted molar refractivity (Wildman–Crippen MR) is 380 cm³/mol. The number of halogens is 11. The second-order valence-electron chi connectivity index (χ2n) is 18.9. The quantitative estimate of drug-likeness (QED) is 0.0249. The molecule has 1 heterocycles. The molecule has 19 nitrogen and oxygen atoms in total. The molecule has 0 spiro atoms. The number of aromatic nitrogens is 1. The summed E-state index contributed by atoms with van der Waals surface area (Å²) in [6.45, 7) is 3.93. The number of aromatic hydroxyl groups is 1. The smallest absolute Gasteiger partial charge is 0.338 e. The number of phenols is 1. The normalized spacial score (nSPS) is 10.3. The van der Waals surface area contributed by atoms with Crippen LogP contribution in [0.5, 0.6) is 28.7 Å². The molecular weight excluding hydrogens is 1530 g/mol. The molecule has 0 saturated carbocycles. The highest BCUT2D eigenvalue weighted by Gasteiger charge is 2.20. The van der Waals surface area contributed by atoms with Gasteiger partial charge in [-0.2, -0.15) is 0 Å². The van der Waals surface area contributed by atoms with Crippen LogP contribution in [0.15, 0.2) is 137 Å². The molecule has 0 aliphatic rings. The lowest BCUT2D eigenvalue weighted by Crippen LogP contribution is -2.23.